The summed E-state index contributed by atoms with van der Waals surface area (Å²) in [6.07, 6.45) is 4.37. The first-order valence-corrected chi connectivity index (χ1v) is 17.5. The fourth-order valence-corrected chi connectivity index (χ4v) is 6.40. The SMILES string of the molecule is CCC(O)/C(C)=C1/OC1CC(C)(O)CC/C=C(\C)C1OC(=O)CC(O)CCC(C)(O)C(OC(=O)N2CCCN(CC)CC2)/C=C/C1C. The maximum atomic E-state index is 13.3. The van der Waals surface area contributed by atoms with Gasteiger partial charge in [0.05, 0.1) is 24.2 Å². The van der Waals surface area contributed by atoms with E-state index in [0.29, 0.717) is 38.8 Å². The Labute approximate surface area is 281 Å². The number of likely N-dealkylation sites (N-methyl/N-ethyl adjacent to an activating group) is 1. The van der Waals surface area contributed by atoms with Crippen molar-refractivity contribution in [2.75, 3.05) is 32.7 Å². The van der Waals surface area contributed by atoms with E-state index in [1.807, 2.05) is 39.8 Å². The molecule has 268 valence electrons. The van der Waals surface area contributed by atoms with Gasteiger partial charge in [-0.25, -0.2) is 4.79 Å². The van der Waals surface area contributed by atoms with Gasteiger partial charge in [-0.05, 0) is 96.5 Å². The molecule has 1 amide bonds. The maximum Gasteiger partial charge on any atom is 0.410 e. The molecule has 0 aromatic heterocycles. The van der Waals surface area contributed by atoms with Crippen LogP contribution in [-0.4, -0.2) is 117 Å². The summed E-state index contributed by atoms with van der Waals surface area (Å²) in [6.45, 7) is 16.7. The second-order valence-corrected chi connectivity index (χ2v) is 14.3. The first-order chi connectivity index (χ1) is 22.1. The van der Waals surface area contributed by atoms with Gasteiger partial charge in [0.15, 0.2) is 12.2 Å². The number of nitrogens with zero attached hydrogens (tertiary/aromatic N) is 2. The molecule has 3 aliphatic heterocycles. The normalized spacial score (nSPS) is 33.6. The number of rotatable bonds is 10. The second-order valence-electron chi connectivity index (χ2n) is 14.3. The number of allylic oxidation sites excluding steroid dienone is 1. The predicted molar refractivity (Wildman–Crippen MR) is 179 cm³/mol. The summed E-state index contributed by atoms with van der Waals surface area (Å²) in [6, 6.07) is 0. The molecule has 0 aromatic rings. The van der Waals surface area contributed by atoms with Crippen molar-refractivity contribution in [3.8, 4) is 0 Å². The van der Waals surface area contributed by atoms with Gasteiger partial charge >= 0.3 is 12.1 Å². The van der Waals surface area contributed by atoms with Crippen molar-refractivity contribution in [2.45, 2.75) is 142 Å². The summed E-state index contributed by atoms with van der Waals surface area (Å²) >= 11 is 0. The van der Waals surface area contributed by atoms with E-state index in [4.69, 9.17) is 14.2 Å². The lowest BCUT2D eigenvalue weighted by Crippen LogP contribution is -2.45. The number of aliphatic hydroxyl groups excluding tert-OH is 2. The van der Waals surface area contributed by atoms with Crippen LogP contribution in [0.1, 0.15) is 99.8 Å². The maximum absolute atomic E-state index is 13.3. The molecule has 11 nitrogen and oxygen atoms in total. The van der Waals surface area contributed by atoms with Gasteiger partial charge in [0.2, 0.25) is 0 Å². The van der Waals surface area contributed by atoms with Crippen molar-refractivity contribution in [3.63, 3.8) is 0 Å². The van der Waals surface area contributed by atoms with E-state index in [9.17, 15) is 30.0 Å². The third-order valence-electron chi connectivity index (χ3n) is 9.85. The zero-order chi connectivity index (χ0) is 34.9. The van der Waals surface area contributed by atoms with Gasteiger partial charge < -0.3 is 44.4 Å². The van der Waals surface area contributed by atoms with E-state index in [0.717, 1.165) is 43.0 Å². The molecule has 3 aliphatic rings. The molecular weight excluding hydrogens is 604 g/mol. The predicted octanol–water partition coefficient (Wildman–Crippen LogP) is 4.23. The van der Waals surface area contributed by atoms with Crippen LogP contribution in [0.15, 0.2) is 35.1 Å². The topological polar surface area (TPSA) is 153 Å². The van der Waals surface area contributed by atoms with E-state index in [-0.39, 0.29) is 31.3 Å². The Morgan fingerprint density at radius 1 is 1.19 bits per heavy atom. The molecular formula is C36H60N2O9. The highest BCUT2D eigenvalue weighted by Crippen LogP contribution is 2.39. The van der Waals surface area contributed by atoms with Crippen LogP contribution in [0.4, 0.5) is 4.79 Å². The number of amides is 1. The lowest BCUT2D eigenvalue weighted by molar-refractivity contribution is -0.151. The number of epoxide rings is 1. The minimum absolute atomic E-state index is 0.117. The molecule has 2 fully saturated rings. The number of ether oxygens (including phenoxy) is 3. The van der Waals surface area contributed by atoms with Crippen LogP contribution in [0.2, 0.25) is 0 Å². The number of aliphatic hydroxyl groups is 4. The van der Waals surface area contributed by atoms with Gasteiger partial charge in [-0.1, -0.05) is 32.9 Å². The van der Waals surface area contributed by atoms with Crippen LogP contribution < -0.4 is 0 Å². The van der Waals surface area contributed by atoms with Crippen molar-refractivity contribution in [3.05, 3.63) is 35.1 Å². The van der Waals surface area contributed by atoms with E-state index >= 15 is 0 Å². The minimum atomic E-state index is -1.48. The van der Waals surface area contributed by atoms with E-state index in [1.165, 1.54) is 0 Å². The molecule has 11 heteroatoms. The Morgan fingerprint density at radius 3 is 2.60 bits per heavy atom. The van der Waals surface area contributed by atoms with E-state index < -0.39 is 47.7 Å². The Bertz CT molecular complexity index is 1150. The number of carbonyl (C=O) groups excluding carboxylic acids is 2. The van der Waals surface area contributed by atoms with Crippen LogP contribution in [0.5, 0.6) is 0 Å². The zero-order valence-corrected chi connectivity index (χ0v) is 29.6. The van der Waals surface area contributed by atoms with Gasteiger partial charge in [0.1, 0.15) is 17.5 Å². The number of esters is 1. The first kappa shape index (κ1) is 39.0. The zero-order valence-electron chi connectivity index (χ0n) is 29.6. The molecule has 0 saturated carbocycles. The van der Waals surface area contributed by atoms with Crippen LogP contribution in [0.3, 0.4) is 0 Å². The first-order valence-electron chi connectivity index (χ1n) is 17.5. The molecule has 0 bridgehead atoms. The fourth-order valence-electron chi connectivity index (χ4n) is 6.40. The van der Waals surface area contributed by atoms with Gasteiger partial charge in [0, 0.05) is 32.0 Å². The molecule has 4 N–H and O–H groups in total. The van der Waals surface area contributed by atoms with Crippen LogP contribution in [0, 0.1) is 5.92 Å². The Morgan fingerprint density at radius 2 is 1.91 bits per heavy atom. The van der Waals surface area contributed by atoms with E-state index in [1.54, 1.807) is 24.8 Å². The van der Waals surface area contributed by atoms with E-state index in [2.05, 4.69) is 11.8 Å². The highest BCUT2D eigenvalue weighted by atomic mass is 16.6. The summed E-state index contributed by atoms with van der Waals surface area (Å²) in [7, 11) is 0. The molecule has 2 saturated heterocycles. The summed E-state index contributed by atoms with van der Waals surface area (Å²) in [5, 5.41) is 43.2. The van der Waals surface area contributed by atoms with Crippen LogP contribution in [-0.2, 0) is 19.0 Å². The Hall–Kier alpha value is -2.44. The molecule has 0 spiro atoms. The smallest absolute Gasteiger partial charge is 0.410 e. The lowest BCUT2D eigenvalue weighted by atomic mass is 9.88. The highest BCUT2D eigenvalue weighted by molar-refractivity contribution is 5.70. The fraction of sp³-hybridized carbons (Fsp3) is 0.778. The largest absolute Gasteiger partial charge is 0.483 e. The van der Waals surface area contributed by atoms with Crippen molar-refractivity contribution in [2.24, 2.45) is 5.92 Å². The summed E-state index contributed by atoms with van der Waals surface area (Å²) in [4.78, 5) is 30.1. The van der Waals surface area contributed by atoms with Crippen molar-refractivity contribution in [1.29, 1.82) is 0 Å². The molecule has 8 unspecified atom stereocenters. The average Bonchev–Trinajstić information content (AvgIpc) is 3.81. The van der Waals surface area contributed by atoms with Gasteiger partial charge in [0.25, 0.3) is 0 Å². The number of cyclic esters (lactones) is 1. The quantitative estimate of drug-likeness (QED) is 0.152. The lowest BCUT2D eigenvalue weighted by Gasteiger charge is -2.34. The minimum Gasteiger partial charge on any atom is -0.483 e. The molecule has 3 rings (SSSR count). The molecule has 8 atom stereocenters. The van der Waals surface area contributed by atoms with Crippen LogP contribution >= 0.6 is 0 Å². The number of carbonyl (C=O) groups is 2. The standard InChI is InChI=1S/C36H60N2O9/c1-8-28(40)26(5)33-29(45-33)23-35(6,43)16-10-12-24(3)32-25(4)13-14-30(36(7,44)17-15-27(39)22-31(41)47-32)46-34(42)38-19-11-18-37(9-2)20-21-38/h12-14,25,27-30,32,39-40,43-44H,8-11,15-23H2,1-7H3/b14-13+,24-12+,33-26+. The molecule has 0 aromatic carbocycles. The highest BCUT2D eigenvalue weighted by Gasteiger charge is 2.41. The van der Waals surface area contributed by atoms with Gasteiger partial charge in [-0.15, -0.1) is 0 Å². The van der Waals surface area contributed by atoms with Crippen molar-refractivity contribution in [1.82, 2.24) is 9.80 Å². The summed E-state index contributed by atoms with van der Waals surface area (Å²) < 4.78 is 17.5. The molecule has 3 heterocycles. The number of hydrogen-bond donors (Lipinski definition) is 4. The van der Waals surface area contributed by atoms with Crippen LogP contribution in [0.25, 0.3) is 0 Å². The summed E-state index contributed by atoms with van der Waals surface area (Å²) in [5.74, 6) is -0.129. The summed E-state index contributed by atoms with van der Waals surface area (Å²) in [5.41, 5.74) is -0.890. The second kappa shape index (κ2) is 17.3. The monoisotopic (exact) mass is 664 g/mol. The molecule has 47 heavy (non-hydrogen) atoms. The third kappa shape index (κ3) is 11.9. The molecule has 0 aliphatic carbocycles. The molecule has 0 radical (unpaired) electrons. The van der Waals surface area contributed by atoms with Gasteiger partial charge in [-0.2, -0.15) is 0 Å². The van der Waals surface area contributed by atoms with Crippen molar-refractivity contribution < 1.29 is 44.2 Å². The van der Waals surface area contributed by atoms with Crippen molar-refractivity contribution >= 4 is 12.1 Å². The average molecular weight is 665 g/mol. The van der Waals surface area contributed by atoms with Gasteiger partial charge in [-0.3, -0.25) is 4.79 Å². The Balaban J connectivity index is 1.72. The Kier molecular flexibility index (Phi) is 14.3. The number of hydrogen-bond acceptors (Lipinski definition) is 10. The third-order valence-corrected chi connectivity index (χ3v) is 9.85.